The van der Waals surface area contributed by atoms with Crippen molar-refractivity contribution in [1.82, 2.24) is 10.2 Å². The first-order valence-corrected chi connectivity index (χ1v) is 7.09. The van der Waals surface area contributed by atoms with Crippen molar-refractivity contribution in [3.05, 3.63) is 0 Å². The van der Waals surface area contributed by atoms with Crippen LogP contribution < -0.4 is 5.32 Å². The van der Waals surface area contributed by atoms with E-state index in [0.29, 0.717) is 12.5 Å². The lowest BCUT2D eigenvalue weighted by molar-refractivity contribution is -0.137. The lowest BCUT2D eigenvalue weighted by Gasteiger charge is -2.26. The van der Waals surface area contributed by atoms with E-state index in [1.54, 1.807) is 0 Å². The molecule has 0 aromatic rings. The van der Waals surface area contributed by atoms with Gasteiger partial charge in [0.2, 0.25) is 0 Å². The molecule has 0 aromatic carbocycles. The van der Waals surface area contributed by atoms with Gasteiger partial charge in [-0.15, -0.1) is 0 Å². The first kappa shape index (κ1) is 13.8. The second kappa shape index (κ2) is 7.92. The van der Waals surface area contributed by atoms with Crippen LogP contribution in [0.1, 0.15) is 19.8 Å². The molecular formula is C11H22N2O2S. The normalized spacial score (nSPS) is 19.6. The van der Waals surface area contributed by atoms with E-state index < -0.39 is 5.97 Å². The molecule has 0 saturated carbocycles. The number of hydrogen-bond acceptors (Lipinski definition) is 4. The highest BCUT2D eigenvalue weighted by molar-refractivity contribution is 7.99. The van der Waals surface area contributed by atoms with Gasteiger partial charge in [0.05, 0.1) is 0 Å². The van der Waals surface area contributed by atoms with Crippen LogP contribution in [0.2, 0.25) is 0 Å². The van der Waals surface area contributed by atoms with E-state index in [2.05, 4.69) is 17.1 Å². The molecule has 0 amide bonds. The van der Waals surface area contributed by atoms with Gasteiger partial charge in [0.1, 0.15) is 0 Å². The Morgan fingerprint density at radius 3 is 2.81 bits per heavy atom. The monoisotopic (exact) mass is 246 g/mol. The van der Waals surface area contributed by atoms with E-state index in [0.717, 1.165) is 13.1 Å². The second-order valence-corrected chi connectivity index (χ2v) is 5.47. The van der Waals surface area contributed by atoms with Crippen LogP contribution in [-0.4, -0.2) is 59.7 Å². The van der Waals surface area contributed by atoms with Gasteiger partial charge in [0.25, 0.3) is 0 Å². The van der Waals surface area contributed by atoms with Gasteiger partial charge in [-0.25, -0.2) is 0 Å². The minimum Gasteiger partial charge on any atom is -0.481 e. The minimum absolute atomic E-state index is 0.258. The smallest absolute Gasteiger partial charge is 0.303 e. The van der Waals surface area contributed by atoms with Gasteiger partial charge in [-0.05, 0) is 13.3 Å². The van der Waals surface area contributed by atoms with E-state index in [4.69, 9.17) is 5.11 Å². The van der Waals surface area contributed by atoms with Gasteiger partial charge in [0, 0.05) is 50.1 Å². The largest absolute Gasteiger partial charge is 0.481 e. The molecule has 0 bridgehead atoms. The molecule has 0 radical (unpaired) electrons. The quantitative estimate of drug-likeness (QED) is 0.698. The van der Waals surface area contributed by atoms with Crippen LogP contribution in [0.3, 0.4) is 0 Å². The average molecular weight is 246 g/mol. The fourth-order valence-electron chi connectivity index (χ4n) is 1.74. The van der Waals surface area contributed by atoms with Crippen LogP contribution in [0.4, 0.5) is 0 Å². The molecule has 4 nitrogen and oxygen atoms in total. The van der Waals surface area contributed by atoms with Crippen molar-refractivity contribution in [2.75, 3.05) is 37.7 Å². The van der Waals surface area contributed by atoms with Crippen LogP contribution in [0.15, 0.2) is 0 Å². The number of carboxylic acid groups (broad SMARTS) is 1. The Bertz CT molecular complexity index is 208. The highest BCUT2D eigenvalue weighted by Crippen LogP contribution is 2.08. The summed E-state index contributed by atoms with van der Waals surface area (Å²) >= 11 is 2.02. The summed E-state index contributed by atoms with van der Waals surface area (Å²) in [6, 6.07) is 0.301. The SMILES string of the molecule is CC(CCC(=O)O)NCCN1CCSCC1. The third-order valence-corrected chi connectivity index (χ3v) is 3.76. The molecule has 1 heterocycles. The molecule has 2 N–H and O–H groups in total. The number of hydrogen-bond donors (Lipinski definition) is 2. The summed E-state index contributed by atoms with van der Waals surface area (Å²) in [4.78, 5) is 12.9. The topological polar surface area (TPSA) is 52.6 Å². The number of nitrogens with one attached hydrogen (secondary N) is 1. The highest BCUT2D eigenvalue weighted by Gasteiger charge is 2.10. The molecule has 0 aromatic heterocycles. The summed E-state index contributed by atoms with van der Waals surface area (Å²) in [5.41, 5.74) is 0. The molecule has 5 heteroatoms. The zero-order valence-electron chi connectivity index (χ0n) is 9.95. The molecule has 1 aliphatic heterocycles. The number of carboxylic acids is 1. The lowest BCUT2D eigenvalue weighted by atomic mass is 10.2. The van der Waals surface area contributed by atoms with Crippen LogP contribution in [0.5, 0.6) is 0 Å². The molecule has 94 valence electrons. The van der Waals surface area contributed by atoms with E-state index in [-0.39, 0.29) is 6.42 Å². The molecule has 0 spiro atoms. The lowest BCUT2D eigenvalue weighted by Crippen LogP contribution is -2.39. The summed E-state index contributed by atoms with van der Waals surface area (Å²) in [5.74, 6) is 1.78. The summed E-state index contributed by atoms with van der Waals surface area (Å²) in [7, 11) is 0. The standard InChI is InChI=1S/C11H22N2O2S/c1-10(2-3-11(14)15)12-4-5-13-6-8-16-9-7-13/h10,12H,2-9H2,1H3,(H,14,15). The van der Waals surface area contributed by atoms with Gasteiger partial charge >= 0.3 is 5.97 Å². The van der Waals surface area contributed by atoms with E-state index in [9.17, 15) is 4.79 Å². The van der Waals surface area contributed by atoms with Crippen molar-refractivity contribution in [3.8, 4) is 0 Å². The van der Waals surface area contributed by atoms with Crippen molar-refractivity contribution in [1.29, 1.82) is 0 Å². The van der Waals surface area contributed by atoms with E-state index in [1.807, 2.05) is 11.8 Å². The molecular weight excluding hydrogens is 224 g/mol. The number of thioether (sulfide) groups is 1. The van der Waals surface area contributed by atoms with Crippen molar-refractivity contribution < 1.29 is 9.90 Å². The Balaban J connectivity index is 1.98. The first-order valence-electron chi connectivity index (χ1n) is 5.94. The predicted octanol–water partition coefficient (Wildman–Crippen LogP) is 0.878. The maximum absolute atomic E-state index is 10.4. The first-order chi connectivity index (χ1) is 7.68. The number of rotatable bonds is 7. The zero-order valence-corrected chi connectivity index (χ0v) is 10.8. The molecule has 1 fully saturated rings. The van der Waals surface area contributed by atoms with Crippen molar-refractivity contribution in [3.63, 3.8) is 0 Å². The fourth-order valence-corrected chi connectivity index (χ4v) is 2.71. The predicted molar refractivity (Wildman–Crippen MR) is 68.1 cm³/mol. The Labute approximate surface area is 102 Å². The minimum atomic E-state index is -0.707. The molecule has 1 saturated heterocycles. The molecule has 1 aliphatic rings. The maximum atomic E-state index is 10.4. The van der Waals surface area contributed by atoms with Gasteiger partial charge < -0.3 is 15.3 Å². The average Bonchev–Trinajstić information content (AvgIpc) is 2.28. The van der Waals surface area contributed by atoms with Crippen LogP contribution in [-0.2, 0) is 4.79 Å². The van der Waals surface area contributed by atoms with Crippen LogP contribution in [0, 0.1) is 0 Å². The summed E-state index contributed by atoms with van der Waals surface area (Å²) in [5, 5.41) is 11.9. The van der Waals surface area contributed by atoms with Crippen molar-refractivity contribution in [2.45, 2.75) is 25.8 Å². The third-order valence-electron chi connectivity index (χ3n) is 2.82. The maximum Gasteiger partial charge on any atom is 0.303 e. The third kappa shape index (κ3) is 6.35. The van der Waals surface area contributed by atoms with E-state index >= 15 is 0 Å². The Kier molecular flexibility index (Phi) is 6.84. The number of carbonyl (C=O) groups is 1. The number of aliphatic carboxylic acids is 1. The highest BCUT2D eigenvalue weighted by atomic mass is 32.2. The van der Waals surface area contributed by atoms with Gasteiger partial charge in [-0.2, -0.15) is 11.8 Å². The van der Waals surface area contributed by atoms with Gasteiger partial charge in [-0.1, -0.05) is 0 Å². The van der Waals surface area contributed by atoms with Crippen LogP contribution >= 0.6 is 11.8 Å². The van der Waals surface area contributed by atoms with Crippen molar-refractivity contribution in [2.24, 2.45) is 0 Å². The fraction of sp³-hybridized carbons (Fsp3) is 0.909. The Morgan fingerprint density at radius 1 is 1.50 bits per heavy atom. The Hall–Kier alpha value is -0.260. The molecule has 0 aliphatic carbocycles. The molecule has 1 rings (SSSR count). The van der Waals surface area contributed by atoms with Crippen molar-refractivity contribution >= 4 is 17.7 Å². The summed E-state index contributed by atoms with van der Waals surface area (Å²) in [6.07, 6.45) is 0.972. The molecule has 1 atom stereocenters. The van der Waals surface area contributed by atoms with E-state index in [1.165, 1.54) is 24.6 Å². The Morgan fingerprint density at radius 2 is 2.19 bits per heavy atom. The molecule has 1 unspecified atom stereocenters. The second-order valence-electron chi connectivity index (χ2n) is 4.24. The van der Waals surface area contributed by atoms with Gasteiger partial charge in [-0.3, -0.25) is 4.79 Å². The summed E-state index contributed by atoms with van der Waals surface area (Å²) in [6.45, 7) is 6.48. The molecule has 16 heavy (non-hydrogen) atoms. The van der Waals surface area contributed by atoms with Crippen LogP contribution in [0.25, 0.3) is 0 Å². The number of nitrogens with zero attached hydrogens (tertiary/aromatic N) is 1. The van der Waals surface area contributed by atoms with Gasteiger partial charge in [0.15, 0.2) is 0 Å². The zero-order chi connectivity index (χ0) is 11.8. The summed E-state index contributed by atoms with van der Waals surface area (Å²) < 4.78 is 0.